The van der Waals surface area contributed by atoms with E-state index in [1.54, 1.807) is 30.3 Å². The zero-order valence-electron chi connectivity index (χ0n) is 18.8. The molecule has 1 atom stereocenters. The Labute approximate surface area is 207 Å². The van der Waals surface area contributed by atoms with Crippen molar-refractivity contribution in [3.63, 3.8) is 0 Å². The minimum Gasteiger partial charge on any atom is -0.465 e. The summed E-state index contributed by atoms with van der Waals surface area (Å²) in [5.41, 5.74) is 1.31. The first-order chi connectivity index (χ1) is 16.6. The molecule has 0 spiro atoms. The zero-order valence-corrected chi connectivity index (χ0v) is 20.4. The second-order valence-corrected chi connectivity index (χ2v) is 9.27. The van der Waals surface area contributed by atoms with E-state index in [0.717, 1.165) is 23.9 Å². The van der Waals surface area contributed by atoms with Gasteiger partial charge in [0.1, 0.15) is 17.5 Å². The minimum atomic E-state index is -1.38. The Morgan fingerprint density at radius 3 is 2.43 bits per heavy atom. The van der Waals surface area contributed by atoms with Gasteiger partial charge in [0.2, 0.25) is 0 Å². The molecular weight excluding hydrogens is 522 g/mol. The fourth-order valence-electron chi connectivity index (χ4n) is 3.85. The third kappa shape index (κ3) is 5.37. The number of fused-ring (bicyclic) bond motifs is 1. The molecule has 0 radical (unpaired) electrons. The van der Waals surface area contributed by atoms with Crippen molar-refractivity contribution in [3.05, 3.63) is 98.3 Å². The molecule has 7 nitrogen and oxygen atoms in total. The third-order valence-electron chi connectivity index (χ3n) is 5.45. The van der Waals surface area contributed by atoms with Crippen LogP contribution in [0.5, 0.6) is 0 Å². The predicted molar refractivity (Wildman–Crippen MR) is 131 cm³/mol. The van der Waals surface area contributed by atoms with Gasteiger partial charge in [-0.25, -0.2) is 18.6 Å². The van der Waals surface area contributed by atoms with E-state index in [0.29, 0.717) is 21.1 Å². The number of benzene rings is 2. The molecule has 2 heterocycles. The molecule has 35 heavy (non-hydrogen) atoms. The molecule has 1 unspecified atom stereocenters. The maximum Gasteiger partial charge on any atom is 0.405 e. The highest BCUT2D eigenvalue weighted by molar-refractivity contribution is 9.10. The number of halogens is 3. The lowest BCUT2D eigenvalue weighted by atomic mass is 10.0. The second kappa shape index (κ2) is 9.91. The SMILES string of the molecule is CC(C)c1ccc(-n2c(C(Cc3cc(F)cc(F)c3)NC(=O)O)nc3cc(Br)ccc3c2=O)cn1. The molecule has 180 valence electrons. The van der Waals surface area contributed by atoms with Crippen molar-refractivity contribution in [3.8, 4) is 5.69 Å². The van der Waals surface area contributed by atoms with Gasteiger partial charge in [-0.15, -0.1) is 0 Å². The lowest BCUT2D eigenvalue weighted by molar-refractivity contribution is 0.189. The number of pyridine rings is 1. The van der Waals surface area contributed by atoms with E-state index >= 15 is 0 Å². The van der Waals surface area contributed by atoms with Crippen LogP contribution in [0.2, 0.25) is 0 Å². The van der Waals surface area contributed by atoms with Crippen molar-refractivity contribution in [2.24, 2.45) is 0 Å². The number of hydrogen-bond acceptors (Lipinski definition) is 4. The molecule has 0 saturated carbocycles. The highest BCUT2D eigenvalue weighted by Crippen LogP contribution is 2.24. The molecule has 2 N–H and O–H groups in total. The normalized spacial score (nSPS) is 12.2. The Balaban J connectivity index is 1.96. The average Bonchev–Trinajstić information content (AvgIpc) is 2.77. The summed E-state index contributed by atoms with van der Waals surface area (Å²) in [6.07, 6.45) is -0.00761. The van der Waals surface area contributed by atoms with Gasteiger partial charge in [0.05, 0.1) is 28.8 Å². The lowest BCUT2D eigenvalue weighted by Gasteiger charge is -2.22. The summed E-state index contributed by atoms with van der Waals surface area (Å²) in [5, 5.41) is 12.2. The molecule has 0 aliphatic rings. The van der Waals surface area contributed by atoms with E-state index in [4.69, 9.17) is 0 Å². The van der Waals surface area contributed by atoms with Crippen LogP contribution in [-0.2, 0) is 6.42 Å². The topological polar surface area (TPSA) is 97.1 Å². The van der Waals surface area contributed by atoms with Crippen LogP contribution in [-0.4, -0.2) is 25.7 Å². The summed E-state index contributed by atoms with van der Waals surface area (Å²) in [6.45, 7) is 3.97. The monoisotopic (exact) mass is 542 g/mol. The van der Waals surface area contributed by atoms with Crippen molar-refractivity contribution in [2.75, 3.05) is 0 Å². The fourth-order valence-corrected chi connectivity index (χ4v) is 4.20. The van der Waals surface area contributed by atoms with Crippen LogP contribution in [0.3, 0.4) is 0 Å². The first-order valence-corrected chi connectivity index (χ1v) is 11.5. The van der Waals surface area contributed by atoms with Gasteiger partial charge < -0.3 is 10.4 Å². The Bertz CT molecular complexity index is 1450. The van der Waals surface area contributed by atoms with Crippen LogP contribution < -0.4 is 10.9 Å². The van der Waals surface area contributed by atoms with Crippen LogP contribution >= 0.6 is 15.9 Å². The molecule has 0 bridgehead atoms. The third-order valence-corrected chi connectivity index (χ3v) is 5.94. The number of carboxylic acid groups (broad SMARTS) is 1. The molecule has 0 fully saturated rings. The molecule has 0 saturated heterocycles. The molecule has 2 aromatic carbocycles. The molecule has 1 amide bonds. The van der Waals surface area contributed by atoms with E-state index in [1.807, 2.05) is 13.8 Å². The Morgan fingerprint density at radius 2 is 1.83 bits per heavy atom. The number of aromatic nitrogens is 3. The van der Waals surface area contributed by atoms with Crippen LogP contribution in [0.25, 0.3) is 16.6 Å². The fraction of sp³-hybridized carbons (Fsp3) is 0.200. The smallest absolute Gasteiger partial charge is 0.405 e. The number of nitrogens with zero attached hydrogens (tertiary/aromatic N) is 3. The molecule has 0 aliphatic heterocycles. The van der Waals surface area contributed by atoms with Crippen molar-refractivity contribution in [1.29, 1.82) is 0 Å². The molecule has 4 rings (SSSR count). The van der Waals surface area contributed by atoms with Crippen molar-refractivity contribution in [2.45, 2.75) is 32.2 Å². The van der Waals surface area contributed by atoms with Gasteiger partial charge in [-0.05, 0) is 53.9 Å². The molecule has 10 heteroatoms. The van der Waals surface area contributed by atoms with Crippen LogP contribution in [0.15, 0.2) is 64.0 Å². The summed E-state index contributed by atoms with van der Waals surface area (Å²) >= 11 is 3.36. The van der Waals surface area contributed by atoms with Gasteiger partial charge in [-0.2, -0.15) is 0 Å². The van der Waals surface area contributed by atoms with Gasteiger partial charge in [0.15, 0.2) is 0 Å². The van der Waals surface area contributed by atoms with E-state index in [1.165, 1.54) is 10.8 Å². The summed E-state index contributed by atoms with van der Waals surface area (Å²) in [5.74, 6) is -1.37. The summed E-state index contributed by atoms with van der Waals surface area (Å²) in [6, 6.07) is 10.3. The summed E-state index contributed by atoms with van der Waals surface area (Å²) in [4.78, 5) is 34.3. The summed E-state index contributed by atoms with van der Waals surface area (Å²) in [7, 11) is 0. The van der Waals surface area contributed by atoms with Crippen LogP contribution in [0, 0.1) is 11.6 Å². The molecular formula is C25H21BrF2N4O3. The predicted octanol–water partition coefficient (Wildman–Crippen LogP) is 5.50. The van der Waals surface area contributed by atoms with Crippen molar-refractivity contribution in [1.82, 2.24) is 19.9 Å². The van der Waals surface area contributed by atoms with E-state index in [9.17, 15) is 23.5 Å². The van der Waals surface area contributed by atoms with Gasteiger partial charge in [0.25, 0.3) is 5.56 Å². The van der Waals surface area contributed by atoms with E-state index in [-0.39, 0.29) is 23.7 Å². The quantitative estimate of drug-likeness (QED) is 0.335. The minimum absolute atomic E-state index is 0.0618. The Hall–Kier alpha value is -3.66. The maximum atomic E-state index is 13.8. The number of rotatable bonds is 6. The van der Waals surface area contributed by atoms with Gasteiger partial charge in [0, 0.05) is 22.7 Å². The van der Waals surface area contributed by atoms with E-state index < -0.39 is 29.3 Å². The lowest BCUT2D eigenvalue weighted by Crippen LogP contribution is -2.35. The molecule has 2 aromatic heterocycles. The highest BCUT2D eigenvalue weighted by Gasteiger charge is 2.24. The van der Waals surface area contributed by atoms with E-state index in [2.05, 4.69) is 31.2 Å². The average molecular weight is 543 g/mol. The first kappa shape index (κ1) is 24.5. The number of carbonyl (C=O) groups is 1. The Kier molecular flexibility index (Phi) is 6.93. The highest BCUT2D eigenvalue weighted by atomic mass is 79.9. The Morgan fingerprint density at radius 1 is 1.11 bits per heavy atom. The first-order valence-electron chi connectivity index (χ1n) is 10.8. The van der Waals surface area contributed by atoms with Crippen molar-refractivity contribution >= 4 is 32.9 Å². The number of hydrogen-bond donors (Lipinski definition) is 2. The van der Waals surface area contributed by atoms with Crippen molar-refractivity contribution < 1.29 is 18.7 Å². The molecule has 4 aromatic rings. The second-order valence-electron chi connectivity index (χ2n) is 8.35. The molecule has 0 aliphatic carbocycles. The number of nitrogens with one attached hydrogen (secondary N) is 1. The largest absolute Gasteiger partial charge is 0.465 e. The van der Waals surface area contributed by atoms with Gasteiger partial charge in [-0.3, -0.25) is 14.3 Å². The van der Waals surface area contributed by atoms with Crippen LogP contribution in [0.1, 0.15) is 42.9 Å². The van der Waals surface area contributed by atoms with Gasteiger partial charge >= 0.3 is 6.09 Å². The van der Waals surface area contributed by atoms with Crippen LogP contribution in [0.4, 0.5) is 13.6 Å². The van der Waals surface area contributed by atoms with Gasteiger partial charge in [-0.1, -0.05) is 29.8 Å². The maximum absolute atomic E-state index is 13.8. The summed E-state index contributed by atoms with van der Waals surface area (Å²) < 4.78 is 29.7. The number of amides is 1. The zero-order chi connectivity index (χ0) is 25.3. The standard InChI is InChI=1S/C25H21BrF2N4O3/c1-13(2)20-6-4-18(12-29-20)32-23(30-21-10-15(26)3-5-19(21)24(32)33)22(31-25(34)35)9-14-7-16(27)11-17(28)8-14/h3-8,10-13,22,31H,9H2,1-2H3,(H,34,35).